The number of benzene rings is 1. The molecule has 5 rings (SSSR count). The van der Waals surface area contributed by atoms with Gasteiger partial charge in [0, 0.05) is 28.6 Å². The van der Waals surface area contributed by atoms with Crippen molar-refractivity contribution in [2.45, 2.75) is 6.42 Å². The second kappa shape index (κ2) is 8.57. The molecule has 1 aromatic carbocycles. The van der Waals surface area contributed by atoms with Crippen molar-refractivity contribution in [2.24, 2.45) is 0 Å². The molecule has 0 radical (unpaired) electrons. The van der Waals surface area contributed by atoms with E-state index in [4.69, 9.17) is 11.6 Å². The molecule has 1 N–H and O–H groups in total. The highest BCUT2D eigenvalue weighted by Crippen LogP contribution is 2.27. The Morgan fingerprint density at radius 3 is 2.76 bits per heavy atom. The molecule has 162 valence electrons. The summed E-state index contributed by atoms with van der Waals surface area (Å²) in [4.78, 5) is 34.0. The fourth-order valence-corrected chi connectivity index (χ4v) is 4.50. The van der Waals surface area contributed by atoms with Crippen molar-refractivity contribution in [3.05, 3.63) is 105 Å². The number of halogens is 1. The molecule has 3 heterocycles. The molecule has 33 heavy (non-hydrogen) atoms. The van der Waals surface area contributed by atoms with Gasteiger partial charge >= 0.3 is 0 Å². The van der Waals surface area contributed by atoms with E-state index < -0.39 is 11.4 Å². The van der Waals surface area contributed by atoms with E-state index in [2.05, 4.69) is 15.1 Å². The summed E-state index contributed by atoms with van der Waals surface area (Å²) in [6.45, 7) is 0. The van der Waals surface area contributed by atoms with Crippen LogP contribution in [-0.2, 0) is 11.2 Å². The number of fused-ring (bicyclic) bond motifs is 1. The summed E-state index contributed by atoms with van der Waals surface area (Å²) in [5.41, 5.74) is 2.07. The molecule has 0 atom stereocenters. The van der Waals surface area contributed by atoms with Crippen LogP contribution in [-0.4, -0.2) is 30.5 Å². The van der Waals surface area contributed by atoms with Crippen LogP contribution in [0.1, 0.15) is 11.1 Å². The Morgan fingerprint density at radius 2 is 1.97 bits per heavy atom. The molecule has 0 unspecified atom stereocenters. The van der Waals surface area contributed by atoms with Gasteiger partial charge in [0.2, 0.25) is 10.8 Å². The minimum atomic E-state index is -0.570. The Labute approximate surface area is 196 Å². The van der Waals surface area contributed by atoms with E-state index in [0.717, 1.165) is 32.6 Å². The smallest absolute Gasteiger partial charge is 0.286 e. The van der Waals surface area contributed by atoms with Gasteiger partial charge in [-0.2, -0.15) is 14.6 Å². The number of pyridine rings is 1. The van der Waals surface area contributed by atoms with E-state index in [1.807, 2.05) is 24.3 Å². The van der Waals surface area contributed by atoms with Gasteiger partial charge in [0.05, 0.1) is 0 Å². The summed E-state index contributed by atoms with van der Waals surface area (Å²) in [6.07, 6.45) is 9.97. The second-order valence-electron chi connectivity index (χ2n) is 7.28. The number of carbonyl (C=O) groups is 1. The molecule has 0 saturated heterocycles. The zero-order chi connectivity index (χ0) is 22.9. The van der Waals surface area contributed by atoms with E-state index in [1.54, 1.807) is 36.7 Å². The SMILES string of the molecule is O=C1C=CC(Cc2ccccc2Cl)=C/C1=C\c1c(O)nc2sc(-c3cccnc3)nn2c1=O. The first-order chi connectivity index (χ1) is 16.0. The fourth-order valence-electron chi connectivity index (χ4n) is 3.42. The van der Waals surface area contributed by atoms with Crippen LogP contribution in [0, 0.1) is 0 Å². The maximum Gasteiger partial charge on any atom is 0.286 e. The zero-order valence-electron chi connectivity index (χ0n) is 17.0. The van der Waals surface area contributed by atoms with Gasteiger partial charge in [-0.3, -0.25) is 14.6 Å². The Hall–Kier alpha value is -3.88. The van der Waals surface area contributed by atoms with Gasteiger partial charge < -0.3 is 5.11 Å². The average molecular weight is 475 g/mol. The van der Waals surface area contributed by atoms with Crippen LogP contribution in [0.2, 0.25) is 5.02 Å². The summed E-state index contributed by atoms with van der Waals surface area (Å²) in [7, 11) is 0. The minimum Gasteiger partial charge on any atom is -0.493 e. The first-order valence-corrected chi connectivity index (χ1v) is 11.1. The number of allylic oxidation sites excluding steroid dienone is 5. The van der Waals surface area contributed by atoms with E-state index in [1.165, 1.54) is 12.2 Å². The second-order valence-corrected chi connectivity index (χ2v) is 8.65. The lowest BCUT2D eigenvalue weighted by atomic mass is 9.95. The number of hydrogen-bond acceptors (Lipinski definition) is 7. The van der Waals surface area contributed by atoms with Crippen molar-refractivity contribution in [3.63, 3.8) is 0 Å². The van der Waals surface area contributed by atoms with Gasteiger partial charge in [-0.1, -0.05) is 47.2 Å². The van der Waals surface area contributed by atoms with Gasteiger partial charge in [0.1, 0.15) is 10.6 Å². The molecular formula is C24H15ClN4O3S. The van der Waals surface area contributed by atoms with Crippen molar-refractivity contribution in [2.75, 3.05) is 0 Å². The minimum absolute atomic E-state index is 0.109. The van der Waals surface area contributed by atoms with Crippen LogP contribution in [0.25, 0.3) is 21.6 Å². The van der Waals surface area contributed by atoms with Gasteiger partial charge in [-0.25, -0.2) is 0 Å². The normalized spacial score (nSPS) is 14.8. The third-order valence-corrected chi connectivity index (χ3v) is 6.39. The highest BCUT2D eigenvalue weighted by atomic mass is 35.5. The largest absolute Gasteiger partial charge is 0.493 e. The highest BCUT2D eigenvalue weighted by molar-refractivity contribution is 7.19. The van der Waals surface area contributed by atoms with E-state index in [-0.39, 0.29) is 21.9 Å². The summed E-state index contributed by atoms with van der Waals surface area (Å²) < 4.78 is 1.12. The predicted octanol–water partition coefficient (Wildman–Crippen LogP) is 4.26. The van der Waals surface area contributed by atoms with Crippen LogP contribution in [0.5, 0.6) is 5.88 Å². The molecule has 0 saturated carbocycles. The number of carbonyl (C=O) groups excluding carboxylic acids is 1. The lowest BCUT2D eigenvalue weighted by Crippen LogP contribution is -2.18. The van der Waals surface area contributed by atoms with Crippen molar-refractivity contribution in [1.29, 1.82) is 0 Å². The molecule has 0 bridgehead atoms. The van der Waals surface area contributed by atoms with Crippen molar-refractivity contribution >= 4 is 39.8 Å². The number of hydrogen-bond donors (Lipinski definition) is 1. The Kier molecular flexibility index (Phi) is 5.45. The lowest BCUT2D eigenvalue weighted by Gasteiger charge is -2.10. The van der Waals surface area contributed by atoms with Crippen molar-refractivity contribution in [3.8, 4) is 16.5 Å². The van der Waals surface area contributed by atoms with Crippen LogP contribution in [0.15, 0.2) is 83.0 Å². The van der Waals surface area contributed by atoms with Crippen molar-refractivity contribution in [1.82, 2.24) is 19.6 Å². The first kappa shape index (κ1) is 21.0. The van der Waals surface area contributed by atoms with E-state index in [9.17, 15) is 14.7 Å². The summed E-state index contributed by atoms with van der Waals surface area (Å²) in [5, 5.41) is 16.0. The third-order valence-electron chi connectivity index (χ3n) is 5.06. The molecule has 4 aromatic rings. The molecule has 9 heteroatoms. The van der Waals surface area contributed by atoms with Crippen LogP contribution < -0.4 is 5.56 Å². The number of rotatable bonds is 4. The Balaban J connectivity index is 1.55. The number of ketones is 1. The molecule has 0 spiro atoms. The lowest BCUT2D eigenvalue weighted by molar-refractivity contribution is -0.111. The first-order valence-electron chi connectivity index (χ1n) is 9.91. The van der Waals surface area contributed by atoms with Crippen LogP contribution >= 0.6 is 22.9 Å². The molecule has 0 amide bonds. The van der Waals surface area contributed by atoms with E-state index >= 15 is 0 Å². The number of aromatic nitrogens is 4. The zero-order valence-corrected chi connectivity index (χ0v) is 18.5. The molecule has 0 fully saturated rings. The third kappa shape index (κ3) is 4.13. The summed E-state index contributed by atoms with van der Waals surface area (Å²) in [5.74, 6) is -0.742. The average Bonchev–Trinajstić information content (AvgIpc) is 3.25. The summed E-state index contributed by atoms with van der Waals surface area (Å²) >= 11 is 7.41. The fraction of sp³-hybridized carbons (Fsp3) is 0.0417. The van der Waals surface area contributed by atoms with Gasteiger partial charge in [0.25, 0.3) is 5.56 Å². The molecular weight excluding hydrogens is 460 g/mol. The Morgan fingerprint density at radius 1 is 1.12 bits per heavy atom. The van der Waals surface area contributed by atoms with Crippen molar-refractivity contribution < 1.29 is 9.90 Å². The molecule has 3 aromatic heterocycles. The Bertz CT molecular complexity index is 1550. The van der Waals surface area contributed by atoms with Gasteiger partial charge in [-0.15, -0.1) is 0 Å². The molecule has 7 nitrogen and oxygen atoms in total. The number of aromatic hydroxyl groups is 1. The maximum atomic E-state index is 13.1. The molecule has 0 aliphatic heterocycles. The molecule has 1 aliphatic rings. The highest BCUT2D eigenvalue weighted by Gasteiger charge is 2.18. The molecule has 1 aliphatic carbocycles. The monoisotopic (exact) mass is 474 g/mol. The summed E-state index contributed by atoms with van der Waals surface area (Å²) in [6, 6.07) is 11.0. The van der Waals surface area contributed by atoms with Gasteiger partial charge in [-0.05, 0) is 54.0 Å². The standard InChI is InChI=1S/C24H15ClN4O3S/c25-19-6-2-1-4-15(19)10-14-7-8-20(30)17(11-14)12-18-21(31)27-24-29(23(18)32)28-22(33-24)16-5-3-9-26-13-16/h1-9,11-13,31H,10H2/b17-12+. The van der Waals surface area contributed by atoms with Crippen LogP contribution in [0.3, 0.4) is 0 Å². The topological polar surface area (TPSA) is 97.4 Å². The maximum absolute atomic E-state index is 13.1. The van der Waals surface area contributed by atoms with Crippen LogP contribution in [0.4, 0.5) is 0 Å². The quantitative estimate of drug-likeness (QED) is 0.444. The van der Waals surface area contributed by atoms with Gasteiger partial charge in [0.15, 0.2) is 5.78 Å². The predicted molar refractivity (Wildman–Crippen MR) is 127 cm³/mol. The van der Waals surface area contributed by atoms with E-state index in [0.29, 0.717) is 16.5 Å². The number of nitrogens with zero attached hydrogens (tertiary/aromatic N) is 4.